The first kappa shape index (κ1) is 14.4. The van der Waals surface area contributed by atoms with E-state index in [0.29, 0.717) is 24.4 Å². The molecule has 0 aromatic carbocycles. The molecule has 0 aliphatic carbocycles. The van der Waals surface area contributed by atoms with Crippen molar-refractivity contribution in [3.8, 4) is 11.9 Å². The molecule has 8 heteroatoms. The molecule has 0 N–H and O–H groups in total. The Morgan fingerprint density at radius 2 is 2.27 bits per heavy atom. The number of amides is 1. The number of aryl methyl sites for hydroxylation is 1. The summed E-state index contributed by atoms with van der Waals surface area (Å²) in [5, 5.41) is 8.99. The van der Waals surface area contributed by atoms with Gasteiger partial charge in [0.15, 0.2) is 0 Å². The van der Waals surface area contributed by atoms with Gasteiger partial charge >= 0.3 is 0 Å². The van der Waals surface area contributed by atoms with Gasteiger partial charge in [0, 0.05) is 25.4 Å². The fourth-order valence-electron chi connectivity index (χ4n) is 2.31. The van der Waals surface area contributed by atoms with E-state index in [9.17, 15) is 4.79 Å². The number of nitriles is 1. The lowest BCUT2D eigenvalue weighted by Gasteiger charge is -2.16. The van der Waals surface area contributed by atoms with Crippen molar-refractivity contribution in [2.45, 2.75) is 19.4 Å². The van der Waals surface area contributed by atoms with Crippen molar-refractivity contribution < 1.29 is 9.53 Å². The van der Waals surface area contributed by atoms with Crippen LogP contribution in [0.3, 0.4) is 0 Å². The molecular weight excluding hydrogens is 302 g/mol. The summed E-state index contributed by atoms with van der Waals surface area (Å²) in [7, 11) is 0. The summed E-state index contributed by atoms with van der Waals surface area (Å²) >= 11 is 1.35. The molecule has 1 saturated heterocycles. The molecule has 0 saturated carbocycles. The molecular formula is C14H13N5O2S. The Labute approximate surface area is 131 Å². The molecule has 0 bridgehead atoms. The lowest BCUT2D eigenvalue weighted by Crippen LogP contribution is -2.31. The predicted molar refractivity (Wildman–Crippen MR) is 78.5 cm³/mol. The van der Waals surface area contributed by atoms with Crippen LogP contribution in [0.4, 0.5) is 0 Å². The fraction of sp³-hybridized carbons (Fsp3) is 0.357. The molecule has 22 heavy (non-hydrogen) atoms. The number of hydrogen-bond acceptors (Lipinski definition) is 7. The SMILES string of the molecule is Cc1ncsc1C(=O)N1CC[C@H](Oc2nccnc2C#N)C1. The van der Waals surface area contributed by atoms with E-state index < -0.39 is 0 Å². The molecule has 0 spiro atoms. The molecule has 1 fully saturated rings. The van der Waals surface area contributed by atoms with Gasteiger partial charge in [-0.05, 0) is 6.92 Å². The van der Waals surface area contributed by atoms with Gasteiger partial charge in [0.2, 0.25) is 5.69 Å². The van der Waals surface area contributed by atoms with Gasteiger partial charge in [-0.1, -0.05) is 0 Å². The van der Waals surface area contributed by atoms with Crippen LogP contribution in [0.15, 0.2) is 17.9 Å². The number of rotatable bonds is 3. The van der Waals surface area contributed by atoms with E-state index in [1.807, 2.05) is 13.0 Å². The summed E-state index contributed by atoms with van der Waals surface area (Å²) in [4.78, 5) is 26.9. The van der Waals surface area contributed by atoms with Crippen LogP contribution in [0.25, 0.3) is 0 Å². The monoisotopic (exact) mass is 315 g/mol. The standard InChI is InChI=1S/C14H13N5O2S/c1-9-12(22-8-18-9)14(20)19-5-2-10(7-19)21-13-11(6-15)16-3-4-17-13/h3-4,8,10H,2,5,7H2,1H3/t10-/m0/s1. The van der Waals surface area contributed by atoms with Crippen molar-refractivity contribution in [2.24, 2.45) is 0 Å². The lowest BCUT2D eigenvalue weighted by atomic mass is 10.3. The lowest BCUT2D eigenvalue weighted by molar-refractivity contribution is 0.0775. The number of hydrogen-bond donors (Lipinski definition) is 0. The minimum Gasteiger partial charge on any atom is -0.470 e. The average Bonchev–Trinajstić information content (AvgIpc) is 3.16. The molecule has 3 rings (SSSR count). The first-order chi connectivity index (χ1) is 10.7. The minimum absolute atomic E-state index is 0.0225. The zero-order valence-corrected chi connectivity index (χ0v) is 12.7. The van der Waals surface area contributed by atoms with Crippen LogP contribution >= 0.6 is 11.3 Å². The predicted octanol–water partition coefficient (Wildman–Crippen LogP) is 1.41. The van der Waals surface area contributed by atoms with Crippen LogP contribution in [-0.2, 0) is 0 Å². The minimum atomic E-state index is -0.180. The third-order valence-electron chi connectivity index (χ3n) is 3.42. The van der Waals surface area contributed by atoms with Crippen molar-refractivity contribution in [2.75, 3.05) is 13.1 Å². The van der Waals surface area contributed by atoms with Gasteiger partial charge in [-0.25, -0.2) is 15.0 Å². The topological polar surface area (TPSA) is 92.0 Å². The van der Waals surface area contributed by atoms with Crippen molar-refractivity contribution >= 4 is 17.2 Å². The zero-order chi connectivity index (χ0) is 15.5. The number of thiazole rings is 1. The van der Waals surface area contributed by atoms with E-state index in [-0.39, 0.29) is 23.6 Å². The van der Waals surface area contributed by atoms with Gasteiger partial charge in [0.25, 0.3) is 11.8 Å². The smallest absolute Gasteiger partial charge is 0.265 e. The second-order valence-corrected chi connectivity index (χ2v) is 5.72. The van der Waals surface area contributed by atoms with Gasteiger partial charge < -0.3 is 9.64 Å². The molecule has 7 nitrogen and oxygen atoms in total. The van der Waals surface area contributed by atoms with Gasteiger partial charge in [0.05, 0.1) is 17.7 Å². The summed E-state index contributed by atoms with van der Waals surface area (Å²) in [6.45, 7) is 2.91. The molecule has 1 aliphatic rings. The Morgan fingerprint density at radius 3 is 3.00 bits per heavy atom. The molecule has 112 valence electrons. The molecule has 2 aromatic rings. The van der Waals surface area contributed by atoms with Crippen LogP contribution in [0, 0.1) is 18.3 Å². The highest BCUT2D eigenvalue weighted by molar-refractivity contribution is 7.11. The third-order valence-corrected chi connectivity index (χ3v) is 4.34. The van der Waals surface area contributed by atoms with Crippen LogP contribution in [0.5, 0.6) is 5.88 Å². The normalized spacial score (nSPS) is 17.3. The average molecular weight is 315 g/mol. The summed E-state index contributed by atoms with van der Waals surface area (Å²) in [5.41, 5.74) is 2.58. The molecule has 3 heterocycles. The maximum atomic E-state index is 12.4. The second kappa shape index (κ2) is 6.07. The number of nitrogens with zero attached hydrogens (tertiary/aromatic N) is 5. The molecule has 1 amide bonds. The van der Waals surface area contributed by atoms with Gasteiger partial charge in [-0.2, -0.15) is 5.26 Å². The van der Waals surface area contributed by atoms with E-state index in [1.54, 1.807) is 10.4 Å². The van der Waals surface area contributed by atoms with E-state index in [4.69, 9.17) is 10.00 Å². The summed E-state index contributed by atoms with van der Waals surface area (Å²) < 4.78 is 5.72. The quantitative estimate of drug-likeness (QED) is 0.850. The fourth-order valence-corrected chi connectivity index (χ4v) is 3.08. The zero-order valence-electron chi connectivity index (χ0n) is 11.9. The van der Waals surface area contributed by atoms with Crippen LogP contribution < -0.4 is 4.74 Å². The van der Waals surface area contributed by atoms with E-state index >= 15 is 0 Å². The van der Waals surface area contributed by atoms with Gasteiger partial charge in [-0.3, -0.25) is 4.79 Å². The number of aromatic nitrogens is 3. The van der Waals surface area contributed by atoms with Crippen molar-refractivity contribution in [3.05, 3.63) is 34.2 Å². The Bertz CT molecular complexity index is 739. The first-order valence-electron chi connectivity index (χ1n) is 6.76. The van der Waals surface area contributed by atoms with Gasteiger partial charge in [0.1, 0.15) is 17.1 Å². The highest BCUT2D eigenvalue weighted by Gasteiger charge is 2.30. The molecule has 1 atom stereocenters. The summed E-state index contributed by atoms with van der Waals surface area (Å²) in [6.07, 6.45) is 3.45. The molecule has 0 unspecified atom stereocenters. The molecule has 0 radical (unpaired) electrons. The van der Waals surface area contributed by atoms with E-state index in [1.165, 1.54) is 23.7 Å². The Balaban J connectivity index is 1.67. The first-order valence-corrected chi connectivity index (χ1v) is 7.64. The van der Waals surface area contributed by atoms with Crippen molar-refractivity contribution in [1.29, 1.82) is 5.26 Å². The van der Waals surface area contributed by atoms with E-state index in [0.717, 1.165) is 5.69 Å². The Morgan fingerprint density at radius 1 is 1.45 bits per heavy atom. The van der Waals surface area contributed by atoms with Crippen LogP contribution in [-0.4, -0.2) is 45.0 Å². The van der Waals surface area contributed by atoms with Crippen molar-refractivity contribution in [3.63, 3.8) is 0 Å². The Hall–Kier alpha value is -2.53. The Kier molecular flexibility index (Phi) is 3.98. The van der Waals surface area contributed by atoms with E-state index in [2.05, 4.69) is 15.0 Å². The number of ether oxygens (including phenoxy) is 1. The molecule has 1 aliphatic heterocycles. The summed E-state index contributed by atoms with van der Waals surface area (Å²) in [5.74, 6) is 0.198. The van der Waals surface area contributed by atoms with Crippen LogP contribution in [0.1, 0.15) is 27.5 Å². The maximum Gasteiger partial charge on any atom is 0.265 e. The summed E-state index contributed by atoms with van der Waals surface area (Å²) in [6, 6.07) is 1.95. The second-order valence-electron chi connectivity index (χ2n) is 4.87. The third kappa shape index (κ3) is 2.76. The highest BCUT2D eigenvalue weighted by atomic mass is 32.1. The number of likely N-dealkylation sites (tertiary alicyclic amines) is 1. The largest absolute Gasteiger partial charge is 0.470 e. The number of carbonyl (C=O) groups excluding carboxylic acids is 1. The maximum absolute atomic E-state index is 12.4. The van der Waals surface area contributed by atoms with Crippen molar-refractivity contribution in [1.82, 2.24) is 19.9 Å². The van der Waals surface area contributed by atoms with Gasteiger partial charge in [-0.15, -0.1) is 11.3 Å². The number of carbonyl (C=O) groups is 1. The molecule has 2 aromatic heterocycles. The highest BCUT2D eigenvalue weighted by Crippen LogP contribution is 2.22. The van der Waals surface area contributed by atoms with Crippen LogP contribution in [0.2, 0.25) is 0 Å².